The predicted molar refractivity (Wildman–Crippen MR) is 90.3 cm³/mol. The molecule has 1 spiro atoms. The fourth-order valence-corrected chi connectivity index (χ4v) is 5.68. The summed E-state index contributed by atoms with van der Waals surface area (Å²) >= 11 is 0. The Balaban J connectivity index is 1.43. The van der Waals surface area contributed by atoms with Crippen molar-refractivity contribution >= 4 is 5.91 Å². The number of fused-ring (bicyclic) bond motifs is 4. The van der Waals surface area contributed by atoms with Crippen LogP contribution in [0.4, 0.5) is 0 Å². The zero-order chi connectivity index (χ0) is 15.4. The Hall–Kier alpha value is -1.35. The summed E-state index contributed by atoms with van der Waals surface area (Å²) in [7, 11) is 0. The molecule has 1 aromatic carbocycles. The first-order valence-corrected chi connectivity index (χ1v) is 9.41. The van der Waals surface area contributed by atoms with Crippen LogP contribution >= 0.6 is 0 Å². The van der Waals surface area contributed by atoms with Crippen LogP contribution < -0.4 is 5.32 Å². The zero-order valence-corrected chi connectivity index (χ0v) is 13.8. The average molecular weight is 310 g/mol. The Labute approximate surface area is 138 Å². The summed E-state index contributed by atoms with van der Waals surface area (Å²) in [5.41, 5.74) is 3.17. The Bertz CT molecular complexity index is 628. The second-order valence-electron chi connectivity index (χ2n) is 8.05. The van der Waals surface area contributed by atoms with Crippen molar-refractivity contribution in [1.29, 1.82) is 0 Å². The van der Waals surface area contributed by atoms with Gasteiger partial charge in [0, 0.05) is 30.0 Å². The molecule has 3 nitrogen and oxygen atoms in total. The van der Waals surface area contributed by atoms with Crippen LogP contribution in [0.25, 0.3) is 0 Å². The molecule has 2 bridgehead atoms. The van der Waals surface area contributed by atoms with Gasteiger partial charge in [-0.1, -0.05) is 24.3 Å². The van der Waals surface area contributed by atoms with Gasteiger partial charge in [-0.2, -0.15) is 0 Å². The standard InChI is InChI=1S/C20H26N2O/c23-19(22-15-7-8-16(22)13-21-11-9-15)18-12-20(18)10-3-5-14-4-1-2-6-17(14)20/h1-2,4,6,15-16,18,21H,3,5,7-13H2. The Morgan fingerprint density at radius 2 is 2.04 bits per heavy atom. The van der Waals surface area contributed by atoms with Crippen LogP contribution in [0.2, 0.25) is 0 Å². The molecular weight excluding hydrogens is 284 g/mol. The monoisotopic (exact) mass is 310 g/mol. The van der Waals surface area contributed by atoms with Crippen LogP contribution in [-0.4, -0.2) is 36.0 Å². The van der Waals surface area contributed by atoms with Crippen molar-refractivity contribution in [2.75, 3.05) is 13.1 Å². The van der Waals surface area contributed by atoms with E-state index in [0.717, 1.165) is 25.9 Å². The lowest BCUT2D eigenvalue weighted by molar-refractivity contribution is -0.135. The molecule has 1 N–H and O–H groups in total. The Morgan fingerprint density at radius 3 is 3.00 bits per heavy atom. The number of nitrogens with zero attached hydrogens (tertiary/aromatic N) is 1. The molecule has 2 saturated heterocycles. The minimum atomic E-state index is 0.186. The van der Waals surface area contributed by atoms with E-state index < -0.39 is 0 Å². The number of benzene rings is 1. The second-order valence-corrected chi connectivity index (χ2v) is 8.05. The highest BCUT2D eigenvalue weighted by molar-refractivity contribution is 5.85. The van der Waals surface area contributed by atoms with Crippen molar-refractivity contribution in [1.82, 2.24) is 10.2 Å². The summed E-state index contributed by atoms with van der Waals surface area (Å²) in [6, 6.07) is 9.82. The van der Waals surface area contributed by atoms with Crippen molar-refractivity contribution in [3.05, 3.63) is 35.4 Å². The number of aryl methyl sites for hydroxylation is 1. The smallest absolute Gasteiger partial charge is 0.227 e. The summed E-state index contributed by atoms with van der Waals surface area (Å²) in [6.45, 7) is 2.07. The summed E-state index contributed by atoms with van der Waals surface area (Å²) in [5.74, 6) is 0.725. The molecule has 4 unspecified atom stereocenters. The largest absolute Gasteiger partial charge is 0.335 e. The van der Waals surface area contributed by atoms with Gasteiger partial charge in [0.05, 0.1) is 0 Å². The van der Waals surface area contributed by atoms with E-state index in [4.69, 9.17) is 0 Å². The van der Waals surface area contributed by atoms with Crippen LogP contribution in [0.1, 0.15) is 49.7 Å². The molecule has 2 aliphatic heterocycles. The maximum absolute atomic E-state index is 13.4. The van der Waals surface area contributed by atoms with Crippen LogP contribution in [0, 0.1) is 5.92 Å². The van der Waals surface area contributed by atoms with E-state index in [0.29, 0.717) is 18.0 Å². The number of hydrogen-bond donors (Lipinski definition) is 1. The molecule has 0 aromatic heterocycles. The number of hydrogen-bond acceptors (Lipinski definition) is 2. The summed E-state index contributed by atoms with van der Waals surface area (Å²) < 4.78 is 0. The van der Waals surface area contributed by atoms with Gasteiger partial charge in [0.1, 0.15) is 0 Å². The zero-order valence-electron chi connectivity index (χ0n) is 13.8. The molecule has 23 heavy (non-hydrogen) atoms. The van der Waals surface area contributed by atoms with Gasteiger partial charge in [-0.3, -0.25) is 4.79 Å². The van der Waals surface area contributed by atoms with E-state index in [-0.39, 0.29) is 11.3 Å². The van der Waals surface area contributed by atoms with Gasteiger partial charge in [-0.05, 0) is 62.6 Å². The van der Waals surface area contributed by atoms with E-state index in [9.17, 15) is 4.79 Å². The Morgan fingerprint density at radius 1 is 1.17 bits per heavy atom. The van der Waals surface area contributed by atoms with E-state index in [1.54, 1.807) is 0 Å². The van der Waals surface area contributed by atoms with E-state index in [1.165, 1.54) is 43.2 Å². The van der Waals surface area contributed by atoms with Crippen molar-refractivity contribution in [2.24, 2.45) is 5.92 Å². The quantitative estimate of drug-likeness (QED) is 0.865. The van der Waals surface area contributed by atoms with E-state index in [1.807, 2.05) is 0 Å². The number of carbonyl (C=O) groups excluding carboxylic acids is 1. The molecule has 122 valence electrons. The molecule has 2 aliphatic carbocycles. The van der Waals surface area contributed by atoms with Gasteiger partial charge in [0.2, 0.25) is 5.91 Å². The van der Waals surface area contributed by atoms with Gasteiger partial charge in [-0.15, -0.1) is 0 Å². The Kier molecular flexibility index (Phi) is 3.09. The van der Waals surface area contributed by atoms with Crippen LogP contribution in [-0.2, 0) is 16.6 Å². The van der Waals surface area contributed by atoms with Gasteiger partial charge < -0.3 is 10.2 Å². The molecule has 3 heteroatoms. The maximum Gasteiger partial charge on any atom is 0.227 e. The predicted octanol–water partition coefficient (Wildman–Crippen LogP) is 2.63. The lowest BCUT2D eigenvalue weighted by atomic mass is 9.78. The average Bonchev–Trinajstić information content (AvgIpc) is 3.18. The summed E-state index contributed by atoms with van der Waals surface area (Å²) in [5, 5.41) is 3.52. The summed E-state index contributed by atoms with van der Waals surface area (Å²) in [6.07, 6.45) is 8.29. The lowest BCUT2D eigenvalue weighted by Gasteiger charge is -2.31. The molecule has 0 radical (unpaired) electrons. The topological polar surface area (TPSA) is 32.3 Å². The third-order valence-electron chi connectivity index (χ3n) is 6.90. The van der Waals surface area contributed by atoms with Crippen LogP contribution in [0.5, 0.6) is 0 Å². The lowest BCUT2D eigenvalue weighted by Crippen LogP contribution is -2.44. The minimum Gasteiger partial charge on any atom is -0.335 e. The first kappa shape index (κ1) is 14.0. The molecular formula is C20H26N2O. The third kappa shape index (κ3) is 2.02. The fourth-order valence-electron chi connectivity index (χ4n) is 5.68. The SMILES string of the molecule is O=C(C1CC12CCCc1ccccc12)N1C2CCNCC1CC2. The molecule has 1 aromatic rings. The van der Waals surface area contributed by atoms with E-state index in [2.05, 4.69) is 34.5 Å². The molecule has 3 fully saturated rings. The number of carbonyl (C=O) groups is 1. The number of nitrogens with one attached hydrogen (secondary N) is 1. The highest BCUT2D eigenvalue weighted by Crippen LogP contribution is 2.61. The van der Waals surface area contributed by atoms with Crippen LogP contribution in [0.15, 0.2) is 24.3 Å². The molecule has 2 heterocycles. The highest BCUT2D eigenvalue weighted by atomic mass is 16.2. The normalized spacial score (nSPS) is 38.3. The van der Waals surface area contributed by atoms with Crippen molar-refractivity contribution < 1.29 is 4.79 Å². The van der Waals surface area contributed by atoms with Gasteiger partial charge in [0.25, 0.3) is 0 Å². The molecule has 4 aliphatic rings. The van der Waals surface area contributed by atoms with E-state index >= 15 is 0 Å². The second kappa shape index (κ2) is 5.07. The maximum atomic E-state index is 13.4. The molecule has 5 rings (SSSR count). The first-order chi connectivity index (χ1) is 11.3. The van der Waals surface area contributed by atoms with Gasteiger partial charge >= 0.3 is 0 Å². The minimum absolute atomic E-state index is 0.186. The number of amides is 1. The summed E-state index contributed by atoms with van der Waals surface area (Å²) in [4.78, 5) is 15.7. The fraction of sp³-hybridized carbons (Fsp3) is 0.650. The molecule has 1 saturated carbocycles. The van der Waals surface area contributed by atoms with Crippen molar-refractivity contribution in [2.45, 2.75) is 62.4 Å². The van der Waals surface area contributed by atoms with Gasteiger partial charge in [0.15, 0.2) is 0 Å². The van der Waals surface area contributed by atoms with Crippen molar-refractivity contribution in [3.63, 3.8) is 0 Å². The van der Waals surface area contributed by atoms with Crippen molar-refractivity contribution in [3.8, 4) is 0 Å². The molecule has 4 atom stereocenters. The van der Waals surface area contributed by atoms with Crippen LogP contribution in [0.3, 0.4) is 0 Å². The third-order valence-corrected chi connectivity index (χ3v) is 6.90. The first-order valence-electron chi connectivity index (χ1n) is 9.41. The molecule has 1 amide bonds. The van der Waals surface area contributed by atoms with Gasteiger partial charge in [-0.25, -0.2) is 0 Å². The number of rotatable bonds is 1. The highest BCUT2D eigenvalue weighted by Gasteiger charge is 2.62.